The van der Waals surface area contributed by atoms with Gasteiger partial charge < -0.3 is 9.84 Å². The highest BCUT2D eigenvalue weighted by Crippen LogP contribution is 2.40. The fraction of sp³-hybridized carbons (Fsp3) is 0.588. The van der Waals surface area contributed by atoms with Crippen LogP contribution in [0.1, 0.15) is 47.5 Å². The van der Waals surface area contributed by atoms with Gasteiger partial charge >= 0.3 is 5.97 Å². The molecule has 1 rings (SSSR count). The highest BCUT2D eigenvalue weighted by molar-refractivity contribution is 5.66. The first-order chi connectivity index (χ1) is 9.22. The summed E-state index contributed by atoms with van der Waals surface area (Å²) in [6.45, 7) is 10.1. The molecular formula is C17H26O3. The topological polar surface area (TPSA) is 46.5 Å². The van der Waals surface area contributed by atoms with Gasteiger partial charge in [0, 0.05) is 6.92 Å². The first kappa shape index (κ1) is 16.7. The molecule has 3 heteroatoms. The fourth-order valence-electron chi connectivity index (χ4n) is 2.75. The van der Waals surface area contributed by atoms with E-state index in [0.717, 1.165) is 18.4 Å². The predicted octanol–water partition coefficient (Wildman–Crippen LogP) is 3.55. The Kier molecular flexibility index (Phi) is 5.75. The smallest absolute Gasteiger partial charge is 0.302 e. The van der Waals surface area contributed by atoms with Crippen molar-refractivity contribution in [3.63, 3.8) is 0 Å². The highest BCUT2D eigenvalue weighted by atomic mass is 16.5. The zero-order valence-electron chi connectivity index (χ0n) is 13.2. The van der Waals surface area contributed by atoms with Gasteiger partial charge in [-0.3, -0.25) is 4.79 Å². The van der Waals surface area contributed by atoms with E-state index in [9.17, 15) is 9.90 Å². The monoisotopic (exact) mass is 278 g/mol. The van der Waals surface area contributed by atoms with Gasteiger partial charge in [0.1, 0.15) is 6.61 Å². The lowest BCUT2D eigenvalue weighted by Crippen LogP contribution is -2.28. The van der Waals surface area contributed by atoms with Gasteiger partial charge in [-0.2, -0.15) is 0 Å². The van der Waals surface area contributed by atoms with Crippen LogP contribution in [0.3, 0.4) is 0 Å². The summed E-state index contributed by atoms with van der Waals surface area (Å²) in [5.41, 5.74) is 3.60. The second-order valence-electron chi connectivity index (χ2n) is 6.22. The number of hydrogen-bond donors (Lipinski definition) is 1. The molecule has 112 valence electrons. The maximum absolute atomic E-state index is 10.7. The van der Waals surface area contributed by atoms with Gasteiger partial charge in [0.25, 0.3) is 0 Å². The van der Waals surface area contributed by atoms with Gasteiger partial charge in [0.15, 0.2) is 0 Å². The maximum Gasteiger partial charge on any atom is 0.302 e. The SMILES string of the molecule is CC(=O)OC/C=C(C)/C=C/C1=C(C)CC(O)CC1(C)C. The van der Waals surface area contributed by atoms with Gasteiger partial charge in [-0.15, -0.1) is 0 Å². The third-order valence-electron chi connectivity index (χ3n) is 3.68. The van der Waals surface area contributed by atoms with Crippen LogP contribution in [0.15, 0.2) is 34.9 Å². The molecule has 0 aliphatic heterocycles. The maximum atomic E-state index is 10.7. The van der Waals surface area contributed by atoms with Gasteiger partial charge in [0.05, 0.1) is 6.10 Å². The number of aliphatic hydroxyl groups excluding tert-OH is 1. The number of carbonyl (C=O) groups excluding carboxylic acids is 1. The summed E-state index contributed by atoms with van der Waals surface area (Å²) in [5.74, 6) is -0.265. The van der Waals surface area contributed by atoms with Gasteiger partial charge in [-0.1, -0.05) is 37.1 Å². The molecular weight excluding hydrogens is 252 g/mol. The van der Waals surface area contributed by atoms with Crippen molar-refractivity contribution in [1.29, 1.82) is 0 Å². The summed E-state index contributed by atoms with van der Waals surface area (Å²) in [4.78, 5) is 10.7. The van der Waals surface area contributed by atoms with Crippen molar-refractivity contribution in [1.82, 2.24) is 0 Å². The van der Waals surface area contributed by atoms with E-state index in [1.54, 1.807) is 0 Å². The Bertz CT molecular complexity index is 453. The first-order valence-electron chi connectivity index (χ1n) is 7.09. The summed E-state index contributed by atoms with van der Waals surface area (Å²) in [7, 11) is 0. The molecule has 0 bridgehead atoms. The van der Waals surface area contributed by atoms with E-state index in [4.69, 9.17) is 4.74 Å². The van der Waals surface area contributed by atoms with Crippen LogP contribution in [-0.2, 0) is 9.53 Å². The molecule has 0 saturated carbocycles. The molecule has 1 unspecified atom stereocenters. The Morgan fingerprint density at radius 1 is 1.45 bits per heavy atom. The Morgan fingerprint density at radius 3 is 2.65 bits per heavy atom. The van der Waals surface area contributed by atoms with Crippen LogP contribution in [0.25, 0.3) is 0 Å². The van der Waals surface area contributed by atoms with Gasteiger partial charge in [0.2, 0.25) is 0 Å². The van der Waals surface area contributed by atoms with E-state index in [1.165, 1.54) is 18.1 Å². The second kappa shape index (κ2) is 6.89. The number of ether oxygens (including phenoxy) is 1. The van der Waals surface area contributed by atoms with Crippen LogP contribution < -0.4 is 0 Å². The number of allylic oxidation sites excluding steroid dienone is 4. The van der Waals surface area contributed by atoms with E-state index in [1.807, 2.05) is 19.1 Å². The molecule has 1 N–H and O–H groups in total. The zero-order chi connectivity index (χ0) is 15.3. The molecule has 0 heterocycles. The van der Waals surface area contributed by atoms with E-state index < -0.39 is 0 Å². The van der Waals surface area contributed by atoms with Crippen molar-refractivity contribution in [2.75, 3.05) is 6.61 Å². The van der Waals surface area contributed by atoms with E-state index >= 15 is 0 Å². The number of aliphatic hydroxyl groups is 1. The molecule has 0 aromatic rings. The van der Waals surface area contributed by atoms with Crippen LogP contribution in [0.4, 0.5) is 0 Å². The van der Waals surface area contributed by atoms with Crippen molar-refractivity contribution in [3.05, 3.63) is 34.9 Å². The van der Waals surface area contributed by atoms with Crippen molar-refractivity contribution in [3.8, 4) is 0 Å². The summed E-state index contributed by atoms with van der Waals surface area (Å²) in [6.07, 6.45) is 7.36. The predicted molar refractivity (Wildman–Crippen MR) is 81.3 cm³/mol. The normalized spacial score (nSPS) is 23.3. The average molecular weight is 278 g/mol. The number of carbonyl (C=O) groups is 1. The van der Waals surface area contributed by atoms with E-state index in [0.29, 0.717) is 6.61 Å². The lowest BCUT2D eigenvalue weighted by Gasteiger charge is -2.35. The molecule has 0 radical (unpaired) electrons. The Morgan fingerprint density at radius 2 is 2.10 bits per heavy atom. The molecule has 0 aromatic heterocycles. The lowest BCUT2D eigenvalue weighted by atomic mass is 9.71. The molecule has 0 aromatic carbocycles. The summed E-state index contributed by atoms with van der Waals surface area (Å²) < 4.78 is 4.89. The highest BCUT2D eigenvalue weighted by Gasteiger charge is 2.31. The lowest BCUT2D eigenvalue weighted by molar-refractivity contribution is -0.139. The molecule has 3 nitrogen and oxygen atoms in total. The first-order valence-corrected chi connectivity index (χ1v) is 7.09. The van der Waals surface area contributed by atoms with Crippen LogP contribution in [-0.4, -0.2) is 23.8 Å². The quantitative estimate of drug-likeness (QED) is 0.632. The van der Waals surface area contributed by atoms with Crippen LogP contribution in [0.5, 0.6) is 0 Å². The number of esters is 1. The molecule has 0 fully saturated rings. The minimum absolute atomic E-state index is 0.00554. The molecule has 1 aliphatic carbocycles. The average Bonchev–Trinajstić information content (AvgIpc) is 2.25. The Hall–Kier alpha value is -1.35. The standard InChI is InChI=1S/C17H26O3/c1-12(8-9-20-14(3)18)6-7-16-13(2)10-15(19)11-17(16,4)5/h6-8,15,19H,9-11H2,1-5H3/b7-6+,12-8+. The van der Waals surface area contributed by atoms with Crippen LogP contribution in [0.2, 0.25) is 0 Å². The number of rotatable bonds is 4. The third kappa shape index (κ3) is 4.97. The Balaban J connectivity index is 2.77. The summed E-state index contributed by atoms with van der Waals surface area (Å²) in [6, 6.07) is 0. The molecule has 0 spiro atoms. The zero-order valence-corrected chi connectivity index (χ0v) is 13.2. The van der Waals surface area contributed by atoms with Gasteiger partial charge in [-0.05, 0) is 43.8 Å². The number of hydrogen-bond acceptors (Lipinski definition) is 3. The fourth-order valence-corrected chi connectivity index (χ4v) is 2.75. The van der Waals surface area contributed by atoms with Crippen LogP contribution in [0, 0.1) is 5.41 Å². The molecule has 0 amide bonds. The Labute approximate surface area is 122 Å². The van der Waals surface area contributed by atoms with Crippen molar-refractivity contribution in [2.24, 2.45) is 5.41 Å². The summed E-state index contributed by atoms with van der Waals surface area (Å²) in [5, 5.41) is 9.86. The van der Waals surface area contributed by atoms with E-state index in [-0.39, 0.29) is 17.5 Å². The van der Waals surface area contributed by atoms with Gasteiger partial charge in [-0.25, -0.2) is 0 Å². The molecule has 1 aliphatic rings. The molecule has 0 saturated heterocycles. The largest absolute Gasteiger partial charge is 0.462 e. The molecule has 1 atom stereocenters. The minimum Gasteiger partial charge on any atom is -0.462 e. The molecule has 20 heavy (non-hydrogen) atoms. The summed E-state index contributed by atoms with van der Waals surface area (Å²) >= 11 is 0. The minimum atomic E-state index is -0.265. The van der Waals surface area contributed by atoms with E-state index in [2.05, 4.69) is 26.8 Å². The van der Waals surface area contributed by atoms with Crippen molar-refractivity contribution in [2.45, 2.75) is 53.6 Å². The third-order valence-corrected chi connectivity index (χ3v) is 3.68. The van der Waals surface area contributed by atoms with Crippen molar-refractivity contribution >= 4 is 5.97 Å². The van der Waals surface area contributed by atoms with Crippen LogP contribution >= 0.6 is 0 Å². The van der Waals surface area contributed by atoms with Crippen molar-refractivity contribution < 1.29 is 14.6 Å². The second-order valence-corrected chi connectivity index (χ2v) is 6.22.